The van der Waals surface area contributed by atoms with Gasteiger partial charge in [0, 0.05) is 17.7 Å². The predicted octanol–water partition coefficient (Wildman–Crippen LogP) is 2.03. The molecule has 1 aromatic carbocycles. The van der Waals surface area contributed by atoms with Crippen LogP contribution in [0.25, 0.3) is 0 Å². The van der Waals surface area contributed by atoms with E-state index < -0.39 is 0 Å². The third-order valence-corrected chi connectivity index (χ3v) is 2.63. The van der Waals surface area contributed by atoms with Gasteiger partial charge in [-0.15, -0.1) is 0 Å². The van der Waals surface area contributed by atoms with Crippen LogP contribution in [-0.2, 0) is 6.42 Å². The standard InChI is InChI=1S/C13H20O4/c1-9(14)5-6-11-12(16-3)7-10(15-2)8-13(11)17-4/h7-9,14H,5-6H2,1-4H3/t9-/m0/s1. The summed E-state index contributed by atoms with van der Waals surface area (Å²) in [5, 5.41) is 9.34. The van der Waals surface area contributed by atoms with Gasteiger partial charge in [0.1, 0.15) is 17.2 Å². The number of aliphatic hydroxyl groups excluding tert-OH is 1. The SMILES string of the molecule is COc1cc(OC)c(CC[C@H](C)O)c(OC)c1. The van der Waals surface area contributed by atoms with Crippen molar-refractivity contribution in [1.29, 1.82) is 0 Å². The topological polar surface area (TPSA) is 47.9 Å². The number of benzene rings is 1. The number of ether oxygens (including phenoxy) is 3. The summed E-state index contributed by atoms with van der Waals surface area (Å²) in [5.41, 5.74) is 0.955. The predicted molar refractivity (Wildman–Crippen MR) is 66.1 cm³/mol. The number of methoxy groups -OCH3 is 3. The van der Waals surface area contributed by atoms with Crippen molar-refractivity contribution in [3.05, 3.63) is 17.7 Å². The second kappa shape index (κ2) is 6.35. The third-order valence-electron chi connectivity index (χ3n) is 2.63. The maximum atomic E-state index is 9.34. The van der Waals surface area contributed by atoms with Gasteiger partial charge in [-0.1, -0.05) is 0 Å². The molecule has 0 aliphatic carbocycles. The van der Waals surface area contributed by atoms with Gasteiger partial charge in [-0.2, -0.15) is 0 Å². The largest absolute Gasteiger partial charge is 0.496 e. The highest BCUT2D eigenvalue weighted by molar-refractivity contribution is 5.50. The molecule has 17 heavy (non-hydrogen) atoms. The van der Waals surface area contributed by atoms with E-state index in [-0.39, 0.29) is 6.10 Å². The molecule has 0 fully saturated rings. The molecule has 4 heteroatoms. The second-order valence-corrected chi connectivity index (χ2v) is 3.90. The summed E-state index contributed by atoms with van der Waals surface area (Å²) in [6, 6.07) is 3.64. The van der Waals surface area contributed by atoms with Crippen LogP contribution in [0.2, 0.25) is 0 Å². The first-order valence-corrected chi connectivity index (χ1v) is 5.59. The first kappa shape index (κ1) is 13.6. The van der Waals surface area contributed by atoms with Crippen molar-refractivity contribution in [2.45, 2.75) is 25.9 Å². The van der Waals surface area contributed by atoms with Crippen LogP contribution in [0.4, 0.5) is 0 Å². The average molecular weight is 240 g/mol. The van der Waals surface area contributed by atoms with Gasteiger partial charge in [0.2, 0.25) is 0 Å². The van der Waals surface area contributed by atoms with Crippen LogP contribution in [0.5, 0.6) is 17.2 Å². The first-order valence-electron chi connectivity index (χ1n) is 5.59. The zero-order valence-corrected chi connectivity index (χ0v) is 10.8. The molecule has 0 saturated heterocycles. The number of rotatable bonds is 6. The summed E-state index contributed by atoms with van der Waals surface area (Å²) in [6.45, 7) is 1.77. The molecule has 0 radical (unpaired) electrons. The van der Waals surface area contributed by atoms with E-state index in [0.717, 1.165) is 17.1 Å². The Kier molecular flexibility index (Phi) is 5.10. The Hall–Kier alpha value is -1.42. The molecule has 0 spiro atoms. The van der Waals surface area contributed by atoms with E-state index in [0.29, 0.717) is 18.6 Å². The summed E-state index contributed by atoms with van der Waals surface area (Å²) in [5.74, 6) is 2.14. The monoisotopic (exact) mass is 240 g/mol. The van der Waals surface area contributed by atoms with Crippen LogP contribution >= 0.6 is 0 Å². The summed E-state index contributed by atoms with van der Waals surface area (Å²) in [6.07, 6.45) is 1.03. The van der Waals surface area contributed by atoms with Crippen LogP contribution in [0.3, 0.4) is 0 Å². The minimum absolute atomic E-state index is 0.341. The van der Waals surface area contributed by atoms with Crippen LogP contribution in [0, 0.1) is 0 Å². The van der Waals surface area contributed by atoms with Gasteiger partial charge in [0.25, 0.3) is 0 Å². The van der Waals surface area contributed by atoms with E-state index >= 15 is 0 Å². The molecule has 1 atom stereocenters. The van der Waals surface area contributed by atoms with E-state index in [1.54, 1.807) is 28.3 Å². The fourth-order valence-corrected chi connectivity index (χ4v) is 1.68. The van der Waals surface area contributed by atoms with Gasteiger partial charge >= 0.3 is 0 Å². The van der Waals surface area contributed by atoms with Crippen molar-refractivity contribution in [3.8, 4) is 17.2 Å². The van der Waals surface area contributed by atoms with Gasteiger partial charge in [-0.05, 0) is 19.8 Å². The summed E-state index contributed by atoms with van der Waals surface area (Å²) in [7, 11) is 4.82. The Morgan fingerprint density at radius 2 is 1.59 bits per heavy atom. The third kappa shape index (κ3) is 3.53. The van der Waals surface area contributed by atoms with Gasteiger partial charge in [0.15, 0.2) is 0 Å². The van der Waals surface area contributed by atoms with E-state index in [2.05, 4.69) is 0 Å². The Balaban J connectivity index is 3.06. The van der Waals surface area contributed by atoms with Crippen molar-refractivity contribution < 1.29 is 19.3 Å². The Morgan fingerprint density at radius 3 is 1.94 bits per heavy atom. The van der Waals surface area contributed by atoms with Gasteiger partial charge < -0.3 is 19.3 Å². The molecule has 0 unspecified atom stereocenters. The Morgan fingerprint density at radius 1 is 1.06 bits per heavy atom. The Labute approximate surface area is 102 Å². The number of hydrogen-bond donors (Lipinski definition) is 1. The molecule has 96 valence electrons. The minimum Gasteiger partial charge on any atom is -0.496 e. The van der Waals surface area contributed by atoms with Gasteiger partial charge in [-0.25, -0.2) is 0 Å². The normalized spacial score (nSPS) is 12.1. The number of aliphatic hydroxyl groups is 1. The fourth-order valence-electron chi connectivity index (χ4n) is 1.68. The molecule has 0 aliphatic heterocycles. The fraction of sp³-hybridized carbons (Fsp3) is 0.538. The molecule has 0 aliphatic rings. The van der Waals surface area contributed by atoms with E-state index in [1.165, 1.54) is 0 Å². The summed E-state index contributed by atoms with van der Waals surface area (Å²) < 4.78 is 15.8. The molecule has 1 aromatic rings. The van der Waals surface area contributed by atoms with Crippen LogP contribution in [0.1, 0.15) is 18.9 Å². The van der Waals surface area contributed by atoms with Crippen LogP contribution < -0.4 is 14.2 Å². The highest BCUT2D eigenvalue weighted by Crippen LogP contribution is 2.34. The minimum atomic E-state index is -0.341. The summed E-state index contributed by atoms with van der Waals surface area (Å²) in [4.78, 5) is 0. The van der Waals surface area contributed by atoms with Crippen molar-refractivity contribution >= 4 is 0 Å². The zero-order valence-electron chi connectivity index (χ0n) is 10.8. The lowest BCUT2D eigenvalue weighted by Crippen LogP contribution is -2.04. The lowest BCUT2D eigenvalue weighted by atomic mass is 10.0. The lowest BCUT2D eigenvalue weighted by molar-refractivity contribution is 0.184. The van der Waals surface area contributed by atoms with Crippen molar-refractivity contribution in [2.75, 3.05) is 21.3 Å². The van der Waals surface area contributed by atoms with Crippen molar-refractivity contribution in [1.82, 2.24) is 0 Å². The van der Waals surface area contributed by atoms with Gasteiger partial charge in [0.05, 0.1) is 27.4 Å². The molecule has 0 bridgehead atoms. The van der Waals surface area contributed by atoms with E-state index in [1.807, 2.05) is 12.1 Å². The molecular formula is C13H20O4. The second-order valence-electron chi connectivity index (χ2n) is 3.90. The molecular weight excluding hydrogens is 220 g/mol. The lowest BCUT2D eigenvalue weighted by Gasteiger charge is -2.15. The quantitative estimate of drug-likeness (QED) is 0.826. The Bertz CT molecular complexity index is 335. The first-order chi connectivity index (χ1) is 8.12. The smallest absolute Gasteiger partial charge is 0.129 e. The van der Waals surface area contributed by atoms with Crippen molar-refractivity contribution in [3.63, 3.8) is 0 Å². The highest BCUT2D eigenvalue weighted by atomic mass is 16.5. The number of hydrogen-bond acceptors (Lipinski definition) is 4. The zero-order chi connectivity index (χ0) is 12.8. The molecule has 0 amide bonds. The van der Waals surface area contributed by atoms with Gasteiger partial charge in [-0.3, -0.25) is 0 Å². The van der Waals surface area contributed by atoms with E-state index in [4.69, 9.17) is 14.2 Å². The molecule has 1 N–H and O–H groups in total. The van der Waals surface area contributed by atoms with Crippen LogP contribution in [-0.4, -0.2) is 32.5 Å². The summed E-state index contributed by atoms with van der Waals surface area (Å²) >= 11 is 0. The molecule has 0 aromatic heterocycles. The maximum absolute atomic E-state index is 9.34. The van der Waals surface area contributed by atoms with E-state index in [9.17, 15) is 5.11 Å². The maximum Gasteiger partial charge on any atom is 0.129 e. The molecule has 0 saturated carbocycles. The molecule has 1 rings (SSSR count). The molecule has 4 nitrogen and oxygen atoms in total. The average Bonchev–Trinajstić information content (AvgIpc) is 2.34. The van der Waals surface area contributed by atoms with Crippen molar-refractivity contribution in [2.24, 2.45) is 0 Å². The highest BCUT2D eigenvalue weighted by Gasteiger charge is 2.13. The van der Waals surface area contributed by atoms with Crippen LogP contribution in [0.15, 0.2) is 12.1 Å². The molecule has 0 heterocycles.